The van der Waals surface area contributed by atoms with Crippen LogP contribution >= 0.6 is 11.6 Å². The van der Waals surface area contributed by atoms with Crippen molar-refractivity contribution in [3.05, 3.63) is 65.8 Å². The number of hydrogen-bond donors (Lipinski definition) is 1. The number of piperidine rings is 1. The summed E-state index contributed by atoms with van der Waals surface area (Å²) < 4.78 is 0. The van der Waals surface area contributed by atoms with E-state index in [1.54, 1.807) is 4.90 Å². The number of fused-ring (bicyclic) bond motifs is 1. The zero-order valence-electron chi connectivity index (χ0n) is 17.9. The third kappa shape index (κ3) is 4.35. The van der Waals surface area contributed by atoms with Crippen molar-refractivity contribution in [2.75, 3.05) is 37.6 Å². The van der Waals surface area contributed by atoms with E-state index in [-0.39, 0.29) is 18.4 Å². The van der Waals surface area contributed by atoms with Crippen molar-refractivity contribution in [1.29, 1.82) is 10.7 Å². The molecule has 1 N–H and O–H groups in total. The van der Waals surface area contributed by atoms with Crippen molar-refractivity contribution in [2.24, 2.45) is 0 Å². The summed E-state index contributed by atoms with van der Waals surface area (Å²) in [4.78, 5) is 18.2. The molecule has 0 aromatic heterocycles. The van der Waals surface area contributed by atoms with Crippen LogP contribution in [0.4, 0.5) is 5.69 Å². The van der Waals surface area contributed by atoms with Gasteiger partial charge in [-0.2, -0.15) is 5.26 Å². The molecule has 0 aliphatic carbocycles. The summed E-state index contributed by atoms with van der Waals surface area (Å²) in [5, 5.41) is 20.7. The molecule has 2 saturated heterocycles. The van der Waals surface area contributed by atoms with E-state index in [0.717, 1.165) is 40.0 Å². The standard InChI is InChI=1S/C25H26ClN5O/c1-2-24(32)31-14-13-29(16-20(31)9-11-27)15-19-10-12-30(17-22(19)28)23-8-4-6-18-5-3-7-21(26)25(18)23/h2-8,15,20,28H,1,9-10,12-14,16-17H2/b19-15+,28-22?/t20-/m0/s1. The van der Waals surface area contributed by atoms with Gasteiger partial charge in [-0.25, -0.2) is 0 Å². The quantitative estimate of drug-likeness (QED) is 0.712. The van der Waals surface area contributed by atoms with Crippen molar-refractivity contribution in [1.82, 2.24) is 9.80 Å². The summed E-state index contributed by atoms with van der Waals surface area (Å²) in [6, 6.07) is 14.1. The van der Waals surface area contributed by atoms with Crippen molar-refractivity contribution >= 4 is 39.7 Å². The second-order valence-corrected chi connectivity index (χ2v) is 8.57. The lowest BCUT2D eigenvalue weighted by atomic mass is 9.99. The van der Waals surface area contributed by atoms with Gasteiger partial charge in [0.05, 0.1) is 35.8 Å². The fraction of sp³-hybridized carbons (Fsp3) is 0.320. The zero-order valence-corrected chi connectivity index (χ0v) is 18.7. The van der Waals surface area contributed by atoms with E-state index < -0.39 is 0 Å². The summed E-state index contributed by atoms with van der Waals surface area (Å²) in [5.41, 5.74) is 2.65. The highest BCUT2D eigenvalue weighted by molar-refractivity contribution is 6.36. The van der Waals surface area contributed by atoms with E-state index in [1.165, 1.54) is 6.08 Å². The maximum Gasteiger partial charge on any atom is 0.246 e. The van der Waals surface area contributed by atoms with Crippen LogP contribution in [0.5, 0.6) is 0 Å². The Bertz CT molecular complexity index is 1130. The Morgan fingerprint density at radius 1 is 1.25 bits per heavy atom. The molecule has 2 aliphatic heterocycles. The molecule has 6 nitrogen and oxygen atoms in total. The normalized spacial score (nSPS) is 20.5. The Balaban J connectivity index is 1.49. The Kier molecular flexibility index (Phi) is 6.48. The highest BCUT2D eigenvalue weighted by atomic mass is 35.5. The van der Waals surface area contributed by atoms with E-state index in [1.807, 2.05) is 18.2 Å². The van der Waals surface area contributed by atoms with E-state index in [0.29, 0.717) is 31.9 Å². The Labute approximate surface area is 193 Å². The summed E-state index contributed by atoms with van der Waals surface area (Å²) >= 11 is 6.50. The molecule has 2 aromatic rings. The number of halogens is 1. The number of carbonyl (C=O) groups excluding carboxylic acids is 1. The molecule has 4 rings (SSSR count). The molecule has 32 heavy (non-hydrogen) atoms. The lowest BCUT2D eigenvalue weighted by Crippen LogP contribution is -2.53. The minimum Gasteiger partial charge on any atom is -0.373 e. The Hall–Kier alpha value is -3.30. The third-order valence-electron chi connectivity index (χ3n) is 6.20. The van der Waals surface area contributed by atoms with Crippen molar-refractivity contribution in [2.45, 2.75) is 18.9 Å². The van der Waals surface area contributed by atoms with Crippen LogP contribution in [0.3, 0.4) is 0 Å². The molecule has 2 heterocycles. The molecule has 0 spiro atoms. The number of nitrogens with zero attached hydrogens (tertiary/aromatic N) is 4. The first-order chi connectivity index (χ1) is 15.5. The van der Waals surface area contributed by atoms with E-state index in [9.17, 15) is 10.1 Å². The fourth-order valence-corrected chi connectivity index (χ4v) is 4.85. The van der Waals surface area contributed by atoms with Crippen LogP contribution < -0.4 is 4.90 Å². The highest BCUT2D eigenvalue weighted by Crippen LogP contribution is 2.34. The molecule has 164 valence electrons. The molecule has 0 unspecified atom stereocenters. The number of amides is 1. The first-order valence-corrected chi connectivity index (χ1v) is 11.1. The second kappa shape index (κ2) is 9.46. The lowest BCUT2D eigenvalue weighted by molar-refractivity contribution is -0.130. The zero-order chi connectivity index (χ0) is 22.7. The number of nitriles is 1. The molecular formula is C25H26ClN5O. The largest absolute Gasteiger partial charge is 0.373 e. The molecular weight excluding hydrogens is 422 g/mol. The van der Waals surface area contributed by atoms with Gasteiger partial charge in [0.15, 0.2) is 0 Å². The van der Waals surface area contributed by atoms with Gasteiger partial charge in [-0.05, 0) is 35.6 Å². The Morgan fingerprint density at radius 3 is 2.75 bits per heavy atom. The van der Waals surface area contributed by atoms with Crippen molar-refractivity contribution in [3.8, 4) is 6.07 Å². The minimum absolute atomic E-state index is 0.132. The predicted molar refractivity (Wildman–Crippen MR) is 129 cm³/mol. The number of nitrogens with one attached hydrogen (secondary N) is 1. The molecule has 2 aliphatic rings. The smallest absolute Gasteiger partial charge is 0.246 e. The molecule has 1 amide bonds. The second-order valence-electron chi connectivity index (χ2n) is 8.17. The van der Waals surface area contributed by atoms with E-state index >= 15 is 0 Å². The maximum absolute atomic E-state index is 12.1. The van der Waals surface area contributed by atoms with Gasteiger partial charge in [0.25, 0.3) is 0 Å². The van der Waals surface area contributed by atoms with Gasteiger partial charge in [0.2, 0.25) is 5.91 Å². The van der Waals surface area contributed by atoms with Crippen molar-refractivity contribution in [3.63, 3.8) is 0 Å². The molecule has 2 aromatic carbocycles. The molecule has 1 atom stereocenters. The van der Waals surface area contributed by atoms with Crippen LogP contribution in [-0.4, -0.2) is 60.2 Å². The lowest BCUT2D eigenvalue weighted by Gasteiger charge is -2.40. The van der Waals surface area contributed by atoms with Crippen LogP contribution in [0.1, 0.15) is 12.8 Å². The summed E-state index contributed by atoms with van der Waals surface area (Å²) in [5.74, 6) is -0.132. The molecule has 0 radical (unpaired) electrons. The average Bonchev–Trinajstić information content (AvgIpc) is 2.80. The van der Waals surface area contributed by atoms with Crippen LogP contribution in [0.25, 0.3) is 10.8 Å². The number of hydrogen-bond acceptors (Lipinski definition) is 5. The minimum atomic E-state index is -0.164. The fourth-order valence-electron chi connectivity index (χ4n) is 4.57. The number of anilines is 1. The first-order valence-electron chi connectivity index (χ1n) is 10.8. The molecule has 7 heteroatoms. The summed E-state index contributed by atoms with van der Waals surface area (Å²) in [6.45, 7) is 6.71. The van der Waals surface area contributed by atoms with E-state index in [4.69, 9.17) is 17.0 Å². The highest BCUT2D eigenvalue weighted by Gasteiger charge is 2.29. The average molecular weight is 448 g/mol. The number of benzene rings is 2. The predicted octanol–water partition coefficient (Wildman–Crippen LogP) is 4.22. The van der Waals surface area contributed by atoms with Gasteiger partial charge in [0, 0.05) is 43.5 Å². The van der Waals surface area contributed by atoms with Crippen LogP contribution in [0, 0.1) is 16.7 Å². The summed E-state index contributed by atoms with van der Waals surface area (Å²) in [7, 11) is 0. The monoisotopic (exact) mass is 447 g/mol. The topological polar surface area (TPSA) is 74.4 Å². The van der Waals surface area contributed by atoms with Crippen LogP contribution in [0.2, 0.25) is 5.02 Å². The van der Waals surface area contributed by atoms with Crippen LogP contribution in [0.15, 0.2) is 60.8 Å². The van der Waals surface area contributed by atoms with Crippen LogP contribution in [-0.2, 0) is 4.79 Å². The molecule has 0 saturated carbocycles. The number of piperazine rings is 1. The van der Waals surface area contributed by atoms with Gasteiger partial charge in [-0.1, -0.05) is 42.4 Å². The first kappa shape index (κ1) is 21.9. The van der Waals surface area contributed by atoms with Gasteiger partial charge in [-0.3, -0.25) is 4.79 Å². The maximum atomic E-state index is 12.1. The van der Waals surface area contributed by atoms with Crippen molar-refractivity contribution < 1.29 is 4.79 Å². The molecule has 0 bridgehead atoms. The Morgan fingerprint density at radius 2 is 2.03 bits per heavy atom. The number of carbonyl (C=O) groups is 1. The van der Waals surface area contributed by atoms with Gasteiger partial charge < -0.3 is 20.1 Å². The molecule has 2 fully saturated rings. The van der Waals surface area contributed by atoms with E-state index in [2.05, 4.69) is 46.8 Å². The van der Waals surface area contributed by atoms with Gasteiger partial charge >= 0.3 is 0 Å². The van der Waals surface area contributed by atoms with Gasteiger partial charge in [0.1, 0.15) is 0 Å². The number of rotatable bonds is 4. The SMILES string of the molecule is C=CC(=O)N1CCN(/C=C2\CCN(c3cccc4cccc(Cl)c34)CC2=N)C[C@@H]1CC#N. The van der Waals surface area contributed by atoms with Gasteiger partial charge in [-0.15, -0.1) is 0 Å². The summed E-state index contributed by atoms with van der Waals surface area (Å²) in [6.07, 6.45) is 4.40. The third-order valence-corrected chi connectivity index (χ3v) is 6.51.